The van der Waals surface area contributed by atoms with Crippen molar-refractivity contribution >= 4 is 34.0 Å². The van der Waals surface area contributed by atoms with Crippen LogP contribution in [-0.4, -0.2) is 27.1 Å². The van der Waals surface area contributed by atoms with E-state index in [4.69, 9.17) is 20.4 Å². The number of rotatable bonds is 7. The van der Waals surface area contributed by atoms with Gasteiger partial charge < -0.3 is 15.0 Å². The molecule has 0 radical (unpaired) electrons. The van der Waals surface area contributed by atoms with Crippen LogP contribution in [0.5, 0.6) is 0 Å². The summed E-state index contributed by atoms with van der Waals surface area (Å²) in [6.07, 6.45) is 8.85. The average Bonchev–Trinajstić information content (AvgIpc) is 3.01. The monoisotopic (exact) mass is 406 g/mol. The van der Waals surface area contributed by atoms with E-state index in [2.05, 4.69) is 19.9 Å². The highest BCUT2D eigenvalue weighted by atomic mass is 16.5. The lowest BCUT2D eigenvalue weighted by Gasteiger charge is -2.14. The maximum Gasteiger partial charge on any atom is 0.344 e. The van der Waals surface area contributed by atoms with Gasteiger partial charge in [0.25, 0.3) is 0 Å². The maximum atomic E-state index is 12.9. The topological polar surface area (TPSA) is 83.0 Å². The Balaban J connectivity index is 1.73. The van der Waals surface area contributed by atoms with E-state index >= 15 is 0 Å². The second-order valence-electron chi connectivity index (χ2n) is 8.47. The molecule has 0 spiro atoms. The summed E-state index contributed by atoms with van der Waals surface area (Å²) in [5.41, 5.74) is 11.0. The van der Waals surface area contributed by atoms with Crippen molar-refractivity contribution in [2.24, 2.45) is 5.92 Å². The summed E-state index contributed by atoms with van der Waals surface area (Å²) in [6, 6.07) is 7.68. The fraction of sp³-hybridized carbons (Fsp3) is 0.458. The van der Waals surface area contributed by atoms with Crippen LogP contribution in [0.3, 0.4) is 0 Å². The van der Waals surface area contributed by atoms with E-state index < -0.39 is 5.97 Å². The van der Waals surface area contributed by atoms with Crippen LogP contribution in [0.25, 0.3) is 22.2 Å². The Morgan fingerprint density at radius 3 is 2.67 bits per heavy atom. The van der Waals surface area contributed by atoms with Gasteiger partial charge in [-0.2, -0.15) is 0 Å². The van der Waals surface area contributed by atoms with E-state index in [0.717, 1.165) is 36.7 Å². The lowest BCUT2D eigenvalue weighted by atomic mass is 9.97. The highest BCUT2D eigenvalue weighted by Gasteiger charge is 2.25. The van der Waals surface area contributed by atoms with Gasteiger partial charge in [0.2, 0.25) is 0 Å². The number of hydrogen-bond acceptors (Lipinski definition) is 5. The lowest BCUT2D eigenvalue weighted by Crippen LogP contribution is -2.12. The van der Waals surface area contributed by atoms with Crippen LogP contribution in [0.15, 0.2) is 35.9 Å². The zero-order valence-electron chi connectivity index (χ0n) is 17.9. The standard InChI is InChI=1S/C24H30N4O2/c1-16(2)13-15-30-24(29)20-21-23(27-19-11-7-6-10-18(19)26-21)28(22(20)25)14-12-17-8-4-3-5-9-17/h6-8,10-11,16H,3-5,9,12-15,25H2,1-2H3. The number of ether oxygens (including phenoxy) is 1. The summed E-state index contributed by atoms with van der Waals surface area (Å²) in [4.78, 5) is 22.5. The summed E-state index contributed by atoms with van der Waals surface area (Å²) in [5, 5.41) is 0. The van der Waals surface area contributed by atoms with Gasteiger partial charge in [0.1, 0.15) is 16.9 Å². The number of hydrogen-bond donors (Lipinski definition) is 1. The minimum atomic E-state index is -0.418. The van der Waals surface area contributed by atoms with Crippen molar-refractivity contribution < 1.29 is 9.53 Å². The van der Waals surface area contributed by atoms with Crippen LogP contribution in [0, 0.1) is 5.92 Å². The quantitative estimate of drug-likeness (QED) is 0.427. The molecule has 158 valence electrons. The number of allylic oxidation sites excluding steroid dienone is 2. The van der Waals surface area contributed by atoms with E-state index in [9.17, 15) is 4.79 Å². The van der Waals surface area contributed by atoms with Crippen LogP contribution in [0.2, 0.25) is 0 Å². The van der Waals surface area contributed by atoms with Gasteiger partial charge in [-0.1, -0.05) is 37.6 Å². The molecule has 2 heterocycles. The number of nitrogens with two attached hydrogens (primary N) is 1. The second-order valence-corrected chi connectivity index (χ2v) is 8.47. The summed E-state index contributed by atoms with van der Waals surface area (Å²) in [6.45, 7) is 5.26. The number of carbonyl (C=O) groups is 1. The fourth-order valence-corrected chi connectivity index (χ4v) is 3.99. The molecule has 1 aromatic carbocycles. The Kier molecular flexibility index (Phi) is 6.02. The Hall–Kier alpha value is -2.89. The minimum absolute atomic E-state index is 0.338. The van der Waals surface area contributed by atoms with Gasteiger partial charge in [-0.3, -0.25) is 0 Å². The minimum Gasteiger partial charge on any atom is -0.462 e. The first kappa shape index (κ1) is 20.4. The first-order valence-corrected chi connectivity index (χ1v) is 10.9. The highest BCUT2D eigenvalue weighted by Crippen LogP contribution is 2.30. The average molecular weight is 407 g/mol. The molecule has 2 aromatic heterocycles. The molecule has 1 aliphatic carbocycles. The van der Waals surface area contributed by atoms with Crippen molar-refractivity contribution in [2.45, 2.75) is 58.9 Å². The van der Waals surface area contributed by atoms with Gasteiger partial charge in [-0.15, -0.1) is 0 Å². The van der Waals surface area contributed by atoms with Crippen molar-refractivity contribution in [2.75, 3.05) is 12.3 Å². The van der Waals surface area contributed by atoms with Crippen molar-refractivity contribution in [1.29, 1.82) is 0 Å². The van der Waals surface area contributed by atoms with E-state index in [-0.39, 0.29) is 0 Å². The molecular formula is C24H30N4O2. The molecule has 0 amide bonds. The number of aryl methyl sites for hydroxylation is 1. The Morgan fingerprint density at radius 1 is 1.20 bits per heavy atom. The first-order chi connectivity index (χ1) is 14.5. The van der Waals surface area contributed by atoms with E-state index in [1.807, 2.05) is 28.8 Å². The molecule has 6 heteroatoms. The van der Waals surface area contributed by atoms with E-state index in [1.165, 1.54) is 18.4 Å². The predicted octanol–water partition coefficient (Wildman–Crippen LogP) is 5.26. The molecule has 0 atom stereocenters. The van der Waals surface area contributed by atoms with Gasteiger partial charge in [-0.05, 0) is 56.6 Å². The summed E-state index contributed by atoms with van der Waals surface area (Å²) < 4.78 is 7.47. The maximum absolute atomic E-state index is 12.9. The molecule has 0 bridgehead atoms. The molecule has 0 fully saturated rings. The van der Waals surface area contributed by atoms with Crippen LogP contribution in [0.4, 0.5) is 5.82 Å². The van der Waals surface area contributed by atoms with Crippen molar-refractivity contribution in [3.63, 3.8) is 0 Å². The van der Waals surface area contributed by atoms with Crippen LogP contribution in [-0.2, 0) is 11.3 Å². The molecular weight excluding hydrogens is 376 g/mol. The zero-order valence-corrected chi connectivity index (χ0v) is 17.9. The number of esters is 1. The zero-order chi connectivity index (χ0) is 21.1. The number of para-hydroxylation sites is 2. The Labute approximate surface area is 177 Å². The van der Waals surface area contributed by atoms with Gasteiger partial charge in [0.05, 0.1) is 17.6 Å². The predicted molar refractivity (Wildman–Crippen MR) is 120 cm³/mol. The van der Waals surface area contributed by atoms with Crippen LogP contribution >= 0.6 is 0 Å². The number of carbonyl (C=O) groups excluding carboxylic acids is 1. The third-order valence-corrected chi connectivity index (χ3v) is 5.77. The molecule has 3 aromatic rings. The number of nitrogen functional groups attached to an aromatic ring is 1. The van der Waals surface area contributed by atoms with E-state index in [0.29, 0.717) is 41.6 Å². The molecule has 2 N–H and O–H groups in total. The van der Waals surface area contributed by atoms with Gasteiger partial charge in [0.15, 0.2) is 5.65 Å². The molecule has 1 aliphatic rings. The molecule has 0 aliphatic heterocycles. The van der Waals surface area contributed by atoms with Gasteiger partial charge in [-0.25, -0.2) is 14.8 Å². The summed E-state index contributed by atoms with van der Waals surface area (Å²) in [5.74, 6) is 0.439. The number of fused-ring (bicyclic) bond motifs is 2. The number of aromatic nitrogens is 3. The first-order valence-electron chi connectivity index (χ1n) is 10.9. The normalized spacial score (nSPS) is 14.4. The third kappa shape index (κ3) is 4.18. The Morgan fingerprint density at radius 2 is 1.97 bits per heavy atom. The summed E-state index contributed by atoms with van der Waals surface area (Å²) >= 11 is 0. The second kappa shape index (κ2) is 8.86. The molecule has 4 rings (SSSR count). The van der Waals surface area contributed by atoms with Crippen LogP contribution < -0.4 is 5.73 Å². The molecule has 30 heavy (non-hydrogen) atoms. The van der Waals surface area contributed by atoms with Crippen molar-refractivity contribution in [1.82, 2.24) is 14.5 Å². The third-order valence-electron chi connectivity index (χ3n) is 5.77. The van der Waals surface area contributed by atoms with Crippen LogP contribution in [0.1, 0.15) is 62.7 Å². The van der Waals surface area contributed by atoms with E-state index in [1.54, 1.807) is 0 Å². The van der Waals surface area contributed by atoms with Gasteiger partial charge >= 0.3 is 5.97 Å². The van der Waals surface area contributed by atoms with Crippen molar-refractivity contribution in [3.05, 3.63) is 41.5 Å². The number of nitrogens with zero attached hydrogens (tertiary/aromatic N) is 3. The lowest BCUT2D eigenvalue weighted by molar-refractivity contribution is 0.0491. The Bertz CT molecular complexity index is 1100. The smallest absolute Gasteiger partial charge is 0.344 e. The number of benzene rings is 1. The molecule has 0 saturated heterocycles. The molecule has 0 unspecified atom stereocenters. The molecule has 0 saturated carbocycles. The molecule has 6 nitrogen and oxygen atoms in total. The largest absolute Gasteiger partial charge is 0.462 e. The van der Waals surface area contributed by atoms with Gasteiger partial charge in [0, 0.05) is 6.54 Å². The van der Waals surface area contributed by atoms with Crippen molar-refractivity contribution in [3.8, 4) is 0 Å². The number of anilines is 1. The SMILES string of the molecule is CC(C)CCOC(=O)c1c(N)n(CCC2=CCCCC2)c2nc3ccccc3nc12. The fourth-order valence-electron chi connectivity index (χ4n) is 3.99. The highest BCUT2D eigenvalue weighted by molar-refractivity contribution is 6.08. The summed E-state index contributed by atoms with van der Waals surface area (Å²) in [7, 11) is 0.